The molecule has 14 heteroatoms. The number of likely N-dealkylation sites (tertiary alicyclic amines) is 1. The molecular formula is C22H21F4N9O. The van der Waals surface area contributed by atoms with E-state index in [1.807, 2.05) is 0 Å². The summed E-state index contributed by atoms with van der Waals surface area (Å²) in [6.07, 6.45) is 0.824. The molecule has 1 aromatic carbocycles. The second-order valence-electron chi connectivity index (χ2n) is 8.52. The van der Waals surface area contributed by atoms with Crippen molar-refractivity contribution in [3.8, 4) is 16.9 Å². The quantitative estimate of drug-likeness (QED) is 0.403. The van der Waals surface area contributed by atoms with Gasteiger partial charge in [-0.15, -0.1) is 0 Å². The molecule has 188 valence electrons. The number of hydrogen-bond donors (Lipinski definition) is 2. The third-order valence-corrected chi connectivity index (χ3v) is 6.19. The molecule has 36 heavy (non-hydrogen) atoms. The van der Waals surface area contributed by atoms with Gasteiger partial charge in [-0.1, -0.05) is 0 Å². The van der Waals surface area contributed by atoms with Crippen LogP contribution in [0, 0.1) is 18.7 Å². The van der Waals surface area contributed by atoms with E-state index in [0.29, 0.717) is 28.2 Å². The zero-order valence-electron chi connectivity index (χ0n) is 18.9. The predicted molar refractivity (Wildman–Crippen MR) is 122 cm³/mol. The van der Waals surface area contributed by atoms with Gasteiger partial charge in [-0.2, -0.15) is 10.2 Å². The number of aromatic nitrogens is 6. The first-order valence-electron chi connectivity index (χ1n) is 11.0. The zero-order chi connectivity index (χ0) is 25.6. The number of urea groups is 1. The van der Waals surface area contributed by atoms with Crippen molar-refractivity contribution < 1.29 is 22.4 Å². The fourth-order valence-electron chi connectivity index (χ4n) is 4.25. The molecule has 2 amide bonds. The number of fused-ring (bicyclic) bond motifs is 1. The Morgan fingerprint density at radius 1 is 1.19 bits per heavy atom. The van der Waals surface area contributed by atoms with Gasteiger partial charge >= 0.3 is 6.03 Å². The molecule has 0 bridgehead atoms. The number of nitrogens with two attached hydrogens (primary N) is 1. The van der Waals surface area contributed by atoms with Crippen LogP contribution in [0.3, 0.4) is 0 Å². The van der Waals surface area contributed by atoms with Crippen molar-refractivity contribution in [2.75, 3.05) is 24.1 Å². The Morgan fingerprint density at radius 2 is 2.00 bits per heavy atom. The van der Waals surface area contributed by atoms with Gasteiger partial charge in [0.15, 0.2) is 17.6 Å². The van der Waals surface area contributed by atoms with E-state index in [4.69, 9.17) is 5.73 Å². The molecule has 0 saturated carbocycles. The molecule has 1 aliphatic heterocycles. The predicted octanol–water partition coefficient (Wildman–Crippen LogP) is 3.46. The molecule has 0 radical (unpaired) electrons. The number of nitrogen functional groups attached to an aromatic ring is 1. The van der Waals surface area contributed by atoms with Crippen molar-refractivity contribution in [1.29, 1.82) is 0 Å². The third kappa shape index (κ3) is 4.18. The van der Waals surface area contributed by atoms with E-state index in [9.17, 15) is 22.4 Å². The highest BCUT2D eigenvalue weighted by molar-refractivity contribution is 5.90. The standard InChI is InChI=1S/C22H21F4N9O/c1-11-4-14(23)15(32-22(36)33-3-2-12(8-33)18(24)19(25)26)5-16(11)34-9-13(6-30-34)17-7-28-21-20(27)29-10-31-35(17)21/h4-7,9-10,12,18-19H,2-3,8H2,1H3,(H,32,36)(H2,27,29,31). The minimum absolute atomic E-state index is 0.0971. The number of aryl methyl sites for hydroxylation is 1. The van der Waals surface area contributed by atoms with Gasteiger partial charge in [0.05, 0.1) is 29.5 Å². The minimum atomic E-state index is -3.11. The summed E-state index contributed by atoms with van der Waals surface area (Å²) in [5.74, 6) is -1.42. The lowest BCUT2D eigenvalue weighted by molar-refractivity contribution is 0.0192. The van der Waals surface area contributed by atoms with Crippen molar-refractivity contribution in [3.63, 3.8) is 0 Å². The Bertz CT molecular complexity index is 1440. The van der Waals surface area contributed by atoms with E-state index in [1.165, 1.54) is 32.6 Å². The number of rotatable bonds is 5. The van der Waals surface area contributed by atoms with Gasteiger partial charge in [0, 0.05) is 30.8 Å². The van der Waals surface area contributed by atoms with Gasteiger partial charge < -0.3 is 16.0 Å². The number of hydrogen-bond acceptors (Lipinski definition) is 6. The van der Waals surface area contributed by atoms with Gasteiger partial charge in [-0.25, -0.2) is 41.5 Å². The molecule has 1 aliphatic rings. The van der Waals surface area contributed by atoms with Crippen LogP contribution in [0.1, 0.15) is 12.0 Å². The van der Waals surface area contributed by atoms with Crippen molar-refractivity contribution in [1.82, 2.24) is 34.3 Å². The first-order chi connectivity index (χ1) is 17.2. The monoisotopic (exact) mass is 503 g/mol. The minimum Gasteiger partial charge on any atom is -0.381 e. The third-order valence-electron chi connectivity index (χ3n) is 6.19. The molecule has 3 N–H and O–H groups in total. The lowest BCUT2D eigenvalue weighted by Gasteiger charge is -2.19. The van der Waals surface area contributed by atoms with Crippen LogP contribution in [-0.4, -0.2) is 66.0 Å². The molecule has 4 heterocycles. The van der Waals surface area contributed by atoms with E-state index in [2.05, 4.69) is 25.5 Å². The van der Waals surface area contributed by atoms with Crippen molar-refractivity contribution in [2.24, 2.45) is 5.92 Å². The first kappa shape index (κ1) is 23.5. The lowest BCUT2D eigenvalue weighted by Crippen LogP contribution is -2.35. The molecule has 0 spiro atoms. The number of alkyl halides is 3. The van der Waals surface area contributed by atoms with Gasteiger partial charge in [0.1, 0.15) is 12.1 Å². The summed E-state index contributed by atoms with van der Waals surface area (Å²) in [5, 5.41) is 11.0. The summed E-state index contributed by atoms with van der Waals surface area (Å²) >= 11 is 0. The van der Waals surface area contributed by atoms with Crippen molar-refractivity contribution >= 4 is 23.2 Å². The van der Waals surface area contributed by atoms with E-state index >= 15 is 0 Å². The van der Waals surface area contributed by atoms with Crippen LogP contribution >= 0.6 is 0 Å². The topological polar surface area (TPSA) is 119 Å². The highest BCUT2D eigenvalue weighted by Gasteiger charge is 2.36. The summed E-state index contributed by atoms with van der Waals surface area (Å²) in [6, 6.07) is 1.96. The van der Waals surface area contributed by atoms with Crippen molar-refractivity contribution in [2.45, 2.75) is 25.9 Å². The number of halogens is 4. The van der Waals surface area contributed by atoms with Crippen LogP contribution in [0.25, 0.3) is 22.6 Å². The maximum Gasteiger partial charge on any atom is 0.321 e. The first-order valence-corrected chi connectivity index (χ1v) is 11.0. The van der Waals surface area contributed by atoms with Gasteiger partial charge in [0.25, 0.3) is 6.43 Å². The van der Waals surface area contributed by atoms with E-state index in [-0.39, 0.29) is 31.0 Å². The summed E-state index contributed by atoms with van der Waals surface area (Å²) in [6.45, 7) is 1.61. The maximum atomic E-state index is 14.7. The summed E-state index contributed by atoms with van der Waals surface area (Å²) in [5.41, 5.74) is 8.39. The summed E-state index contributed by atoms with van der Waals surface area (Å²) in [4.78, 5) is 22.0. The molecule has 5 rings (SSSR count). The second kappa shape index (κ2) is 9.09. The Hall–Kier alpha value is -4.23. The largest absolute Gasteiger partial charge is 0.381 e. The smallest absolute Gasteiger partial charge is 0.321 e. The van der Waals surface area contributed by atoms with E-state index in [0.717, 1.165) is 0 Å². The van der Waals surface area contributed by atoms with Crippen LogP contribution in [0.2, 0.25) is 0 Å². The van der Waals surface area contributed by atoms with E-state index in [1.54, 1.807) is 25.5 Å². The molecule has 2 unspecified atom stereocenters. The summed E-state index contributed by atoms with van der Waals surface area (Å²) in [7, 11) is 0. The van der Waals surface area contributed by atoms with E-state index < -0.39 is 30.4 Å². The van der Waals surface area contributed by atoms with Crippen molar-refractivity contribution in [3.05, 3.63) is 48.4 Å². The average Bonchev–Trinajstić information content (AvgIpc) is 3.60. The Morgan fingerprint density at radius 3 is 2.78 bits per heavy atom. The molecular weight excluding hydrogens is 482 g/mol. The fourth-order valence-corrected chi connectivity index (χ4v) is 4.25. The van der Waals surface area contributed by atoms with Gasteiger partial charge in [-0.3, -0.25) is 0 Å². The molecule has 0 aliphatic carbocycles. The Labute approximate surface area is 201 Å². The SMILES string of the molecule is Cc1cc(F)c(NC(=O)N2CCC(C(F)C(F)F)C2)cc1-n1cc(-c2cnc3c(N)ncnn23)cn1. The second-order valence-corrected chi connectivity index (χ2v) is 8.52. The normalized spacial score (nSPS) is 16.7. The van der Waals surface area contributed by atoms with Gasteiger partial charge in [0.2, 0.25) is 0 Å². The lowest BCUT2D eigenvalue weighted by atomic mass is 10.0. The Kier molecular flexibility index (Phi) is 5.94. The number of amides is 2. The van der Waals surface area contributed by atoms with Crippen LogP contribution < -0.4 is 11.1 Å². The number of nitrogens with zero attached hydrogens (tertiary/aromatic N) is 7. The molecule has 3 aromatic heterocycles. The molecule has 1 fully saturated rings. The van der Waals surface area contributed by atoms with Gasteiger partial charge in [-0.05, 0) is 31.0 Å². The number of carbonyl (C=O) groups is 1. The molecule has 1 saturated heterocycles. The number of anilines is 2. The number of imidazole rings is 1. The van der Waals surface area contributed by atoms with Crippen LogP contribution in [0.5, 0.6) is 0 Å². The average molecular weight is 503 g/mol. The molecule has 10 nitrogen and oxygen atoms in total. The number of benzene rings is 1. The highest BCUT2D eigenvalue weighted by Crippen LogP contribution is 2.29. The van der Waals surface area contributed by atoms with Crippen LogP contribution in [-0.2, 0) is 0 Å². The molecule has 2 atom stereocenters. The number of nitrogens with one attached hydrogen (secondary N) is 1. The van der Waals surface area contributed by atoms with Crippen LogP contribution in [0.15, 0.2) is 37.1 Å². The summed E-state index contributed by atoms with van der Waals surface area (Å²) < 4.78 is 56.7. The highest BCUT2D eigenvalue weighted by atomic mass is 19.3. The Balaban J connectivity index is 1.38. The fraction of sp³-hybridized carbons (Fsp3) is 0.318. The number of carbonyl (C=O) groups excluding carboxylic acids is 1. The van der Waals surface area contributed by atoms with Crippen LogP contribution in [0.4, 0.5) is 33.9 Å². The zero-order valence-corrected chi connectivity index (χ0v) is 18.9. The molecule has 4 aromatic rings. The maximum absolute atomic E-state index is 14.7.